The van der Waals surface area contributed by atoms with E-state index in [1.165, 1.54) is 32.1 Å². The minimum absolute atomic E-state index is 0.0991. The molecule has 1 aromatic carbocycles. The van der Waals surface area contributed by atoms with E-state index in [0.717, 1.165) is 19.4 Å². The third-order valence-corrected chi connectivity index (χ3v) is 4.65. The van der Waals surface area contributed by atoms with Crippen LogP contribution in [0.25, 0.3) is 0 Å². The molecule has 2 saturated carbocycles. The Morgan fingerprint density at radius 1 is 1.00 bits per heavy atom. The van der Waals surface area contributed by atoms with E-state index >= 15 is 0 Å². The van der Waals surface area contributed by atoms with Crippen molar-refractivity contribution in [3.63, 3.8) is 0 Å². The average molecular weight is 287 g/mol. The van der Waals surface area contributed by atoms with E-state index in [0.29, 0.717) is 28.9 Å². The lowest BCUT2D eigenvalue weighted by molar-refractivity contribution is 0.0699. The van der Waals surface area contributed by atoms with Crippen LogP contribution in [0.3, 0.4) is 0 Å². The van der Waals surface area contributed by atoms with Gasteiger partial charge in [-0.25, -0.2) is 0 Å². The van der Waals surface area contributed by atoms with Crippen LogP contribution in [0.5, 0.6) is 0 Å². The molecule has 114 valence electrons. The number of nitrogen functional groups attached to an aromatic ring is 2. The van der Waals surface area contributed by atoms with Crippen molar-refractivity contribution in [2.45, 2.75) is 51.0 Å². The Kier molecular flexibility index (Phi) is 4.04. The molecule has 1 amide bonds. The summed E-state index contributed by atoms with van der Waals surface area (Å²) >= 11 is 0. The monoisotopic (exact) mass is 287 g/mol. The van der Waals surface area contributed by atoms with Gasteiger partial charge in [0.2, 0.25) is 0 Å². The van der Waals surface area contributed by atoms with Crippen LogP contribution < -0.4 is 11.5 Å². The van der Waals surface area contributed by atoms with Gasteiger partial charge in [0, 0.05) is 29.5 Å². The number of benzene rings is 1. The quantitative estimate of drug-likeness (QED) is 0.836. The number of nitrogens with two attached hydrogens (primary N) is 2. The molecule has 1 aromatic rings. The number of carbonyl (C=O) groups excluding carboxylic acids is 1. The van der Waals surface area contributed by atoms with Crippen LogP contribution in [0, 0.1) is 5.92 Å². The fourth-order valence-electron chi connectivity index (χ4n) is 3.40. The highest BCUT2D eigenvalue weighted by atomic mass is 16.2. The summed E-state index contributed by atoms with van der Waals surface area (Å²) in [4.78, 5) is 14.9. The number of rotatable bonds is 4. The molecule has 0 heterocycles. The Balaban J connectivity index is 1.74. The van der Waals surface area contributed by atoms with Gasteiger partial charge in [-0.15, -0.1) is 0 Å². The molecule has 0 bridgehead atoms. The minimum Gasteiger partial charge on any atom is -0.399 e. The van der Waals surface area contributed by atoms with Gasteiger partial charge in [0.1, 0.15) is 0 Å². The summed E-state index contributed by atoms with van der Waals surface area (Å²) < 4.78 is 0. The molecular weight excluding hydrogens is 262 g/mol. The molecule has 0 aliphatic heterocycles. The number of anilines is 2. The number of carbonyl (C=O) groups is 1. The molecule has 0 aromatic heterocycles. The summed E-state index contributed by atoms with van der Waals surface area (Å²) in [6, 6.07) is 5.62. The number of hydrogen-bond acceptors (Lipinski definition) is 3. The lowest BCUT2D eigenvalue weighted by atomic mass is 9.88. The SMILES string of the molecule is Nc1cc(N)cc(C(=O)N(CC2CCCCC2)C2CC2)c1. The van der Waals surface area contributed by atoms with Crippen molar-refractivity contribution in [1.82, 2.24) is 4.90 Å². The Morgan fingerprint density at radius 3 is 2.19 bits per heavy atom. The highest BCUT2D eigenvalue weighted by Gasteiger charge is 2.34. The van der Waals surface area contributed by atoms with Gasteiger partial charge in [-0.1, -0.05) is 19.3 Å². The van der Waals surface area contributed by atoms with Gasteiger partial charge in [-0.3, -0.25) is 4.79 Å². The molecule has 0 spiro atoms. The van der Waals surface area contributed by atoms with Crippen molar-refractivity contribution < 1.29 is 4.79 Å². The van der Waals surface area contributed by atoms with Gasteiger partial charge in [0.15, 0.2) is 0 Å². The number of nitrogens with zero attached hydrogens (tertiary/aromatic N) is 1. The van der Waals surface area contributed by atoms with Gasteiger partial charge >= 0.3 is 0 Å². The molecule has 4 heteroatoms. The highest BCUT2D eigenvalue weighted by molar-refractivity contribution is 5.96. The smallest absolute Gasteiger partial charge is 0.254 e. The van der Waals surface area contributed by atoms with E-state index in [4.69, 9.17) is 11.5 Å². The van der Waals surface area contributed by atoms with Gasteiger partial charge in [-0.05, 0) is 49.8 Å². The first-order chi connectivity index (χ1) is 10.1. The normalized spacial score (nSPS) is 19.4. The molecule has 4 N–H and O–H groups in total. The van der Waals surface area contributed by atoms with Gasteiger partial charge in [-0.2, -0.15) is 0 Å². The standard InChI is InChI=1S/C17H25N3O/c18-14-8-13(9-15(19)10-14)17(21)20(16-6-7-16)11-12-4-2-1-3-5-12/h8-10,12,16H,1-7,11,18-19H2. The van der Waals surface area contributed by atoms with E-state index in [1.54, 1.807) is 18.2 Å². The van der Waals surface area contributed by atoms with E-state index in [-0.39, 0.29) is 5.91 Å². The predicted molar refractivity (Wildman–Crippen MR) is 85.9 cm³/mol. The maximum Gasteiger partial charge on any atom is 0.254 e. The van der Waals surface area contributed by atoms with E-state index in [1.807, 2.05) is 0 Å². The minimum atomic E-state index is 0.0991. The Labute approximate surface area is 126 Å². The molecular formula is C17H25N3O. The van der Waals surface area contributed by atoms with Crippen LogP contribution in [0.1, 0.15) is 55.3 Å². The number of hydrogen-bond donors (Lipinski definition) is 2. The van der Waals surface area contributed by atoms with Crippen molar-refractivity contribution in [2.24, 2.45) is 5.92 Å². The van der Waals surface area contributed by atoms with E-state index in [2.05, 4.69) is 4.90 Å². The van der Waals surface area contributed by atoms with Crippen LogP contribution in [0.4, 0.5) is 11.4 Å². The van der Waals surface area contributed by atoms with Crippen molar-refractivity contribution >= 4 is 17.3 Å². The fraction of sp³-hybridized carbons (Fsp3) is 0.588. The summed E-state index contributed by atoms with van der Waals surface area (Å²) in [5.41, 5.74) is 13.4. The second-order valence-electron chi connectivity index (χ2n) is 6.58. The number of amides is 1. The molecule has 0 saturated heterocycles. The summed E-state index contributed by atoms with van der Waals surface area (Å²) in [5, 5.41) is 0. The van der Waals surface area contributed by atoms with Crippen LogP contribution in [-0.4, -0.2) is 23.4 Å². The van der Waals surface area contributed by atoms with Gasteiger partial charge in [0.25, 0.3) is 5.91 Å². The van der Waals surface area contributed by atoms with Crippen molar-refractivity contribution in [2.75, 3.05) is 18.0 Å². The van der Waals surface area contributed by atoms with Gasteiger partial charge in [0.05, 0.1) is 0 Å². The first kappa shape index (κ1) is 14.2. The second kappa shape index (κ2) is 5.96. The van der Waals surface area contributed by atoms with Crippen LogP contribution in [0.15, 0.2) is 18.2 Å². The maximum absolute atomic E-state index is 12.8. The molecule has 2 fully saturated rings. The maximum atomic E-state index is 12.8. The molecule has 2 aliphatic carbocycles. The summed E-state index contributed by atoms with van der Waals surface area (Å²) in [5.74, 6) is 0.767. The average Bonchev–Trinajstić information content (AvgIpc) is 3.29. The topological polar surface area (TPSA) is 72.3 Å². The third kappa shape index (κ3) is 3.49. The fourth-order valence-corrected chi connectivity index (χ4v) is 3.40. The Bertz CT molecular complexity index is 499. The van der Waals surface area contributed by atoms with E-state index in [9.17, 15) is 4.79 Å². The molecule has 0 radical (unpaired) electrons. The molecule has 4 nitrogen and oxygen atoms in total. The summed E-state index contributed by atoms with van der Waals surface area (Å²) in [7, 11) is 0. The Morgan fingerprint density at radius 2 is 1.62 bits per heavy atom. The molecule has 2 aliphatic rings. The lowest BCUT2D eigenvalue weighted by Gasteiger charge is -2.30. The zero-order valence-electron chi connectivity index (χ0n) is 12.6. The van der Waals surface area contributed by atoms with Crippen molar-refractivity contribution in [3.05, 3.63) is 23.8 Å². The summed E-state index contributed by atoms with van der Waals surface area (Å²) in [6.45, 7) is 0.901. The highest BCUT2D eigenvalue weighted by Crippen LogP contribution is 2.32. The first-order valence-electron chi connectivity index (χ1n) is 8.10. The predicted octanol–water partition coefficient (Wildman–Crippen LogP) is 3.04. The third-order valence-electron chi connectivity index (χ3n) is 4.65. The van der Waals surface area contributed by atoms with Crippen LogP contribution in [-0.2, 0) is 0 Å². The van der Waals surface area contributed by atoms with Crippen molar-refractivity contribution in [1.29, 1.82) is 0 Å². The molecule has 21 heavy (non-hydrogen) atoms. The molecule has 0 atom stereocenters. The zero-order chi connectivity index (χ0) is 14.8. The first-order valence-corrected chi connectivity index (χ1v) is 8.10. The lowest BCUT2D eigenvalue weighted by Crippen LogP contribution is -2.37. The molecule has 0 unspecified atom stereocenters. The second-order valence-corrected chi connectivity index (χ2v) is 6.58. The van der Waals surface area contributed by atoms with Crippen LogP contribution >= 0.6 is 0 Å². The zero-order valence-corrected chi connectivity index (χ0v) is 12.6. The Hall–Kier alpha value is -1.71. The largest absolute Gasteiger partial charge is 0.399 e. The molecule has 3 rings (SSSR count). The van der Waals surface area contributed by atoms with Crippen molar-refractivity contribution in [3.8, 4) is 0 Å². The summed E-state index contributed by atoms with van der Waals surface area (Å²) in [6.07, 6.45) is 8.75. The van der Waals surface area contributed by atoms with E-state index < -0.39 is 0 Å². The van der Waals surface area contributed by atoms with Gasteiger partial charge < -0.3 is 16.4 Å². The van der Waals surface area contributed by atoms with Crippen LogP contribution in [0.2, 0.25) is 0 Å².